The van der Waals surface area contributed by atoms with Crippen molar-refractivity contribution in [2.45, 2.75) is 26.8 Å². The molecule has 0 aliphatic rings. The predicted molar refractivity (Wildman–Crippen MR) is 75.8 cm³/mol. The number of aromatic nitrogens is 1. The summed E-state index contributed by atoms with van der Waals surface area (Å²) >= 11 is 0. The van der Waals surface area contributed by atoms with Gasteiger partial charge in [-0.05, 0) is 56.1 Å². The standard InChI is InChI=1S/C16H19FN2/c1-10-7-12(3)15(19-9-10)16(18-4)13-6-5-11(2)14(17)8-13/h5-9,16,18H,1-4H3. The van der Waals surface area contributed by atoms with Crippen LogP contribution in [0.5, 0.6) is 0 Å². The van der Waals surface area contributed by atoms with Crippen molar-refractivity contribution < 1.29 is 4.39 Å². The van der Waals surface area contributed by atoms with Gasteiger partial charge in [-0.3, -0.25) is 4.98 Å². The number of rotatable bonds is 3. The van der Waals surface area contributed by atoms with E-state index in [1.54, 1.807) is 19.1 Å². The second-order valence-electron chi connectivity index (χ2n) is 4.95. The summed E-state index contributed by atoms with van der Waals surface area (Å²) in [6, 6.07) is 7.34. The maximum Gasteiger partial charge on any atom is 0.126 e. The summed E-state index contributed by atoms with van der Waals surface area (Å²) in [5.41, 5.74) is 4.74. The molecule has 3 heteroatoms. The molecular weight excluding hydrogens is 239 g/mol. The highest BCUT2D eigenvalue weighted by Crippen LogP contribution is 2.24. The smallest absolute Gasteiger partial charge is 0.126 e. The third-order valence-corrected chi connectivity index (χ3v) is 3.35. The van der Waals surface area contributed by atoms with Crippen molar-refractivity contribution in [3.05, 3.63) is 64.2 Å². The van der Waals surface area contributed by atoms with Crippen LogP contribution in [-0.2, 0) is 0 Å². The van der Waals surface area contributed by atoms with E-state index in [-0.39, 0.29) is 11.9 Å². The number of hydrogen-bond acceptors (Lipinski definition) is 2. The van der Waals surface area contributed by atoms with Crippen LogP contribution in [0, 0.1) is 26.6 Å². The average Bonchev–Trinajstić information content (AvgIpc) is 2.37. The van der Waals surface area contributed by atoms with E-state index in [2.05, 4.69) is 16.4 Å². The molecule has 0 radical (unpaired) electrons. The molecule has 0 aliphatic carbocycles. The first-order chi connectivity index (χ1) is 9.02. The molecule has 1 unspecified atom stereocenters. The second-order valence-corrected chi connectivity index (χ2v) is 4.95. The Balaban J connectivity index is 2.46. The van der Waals surface area contributed by atoms with Gasteiger partial charge in [-0.15, -0.1) is 0 Å². The van der Waals surface area contributed by atoms with Crippen LogP contribution in [0.4, 0.5) is 4.39 Å². The highest BCUT2D eigenvalue weighted by molar-refractivity contribution is 5.35. The molecule has 19 heavy (non-hydrogen) atoms. The Kier molecular flexibility index (Phi) is 3.96. The molecule has 2 nitrogen and oxygen atoms in total. The first-order valence-corrected chi connectivity index (χ1v) is 6.39. The fourth-order valence-corrected chi connectivity index (χ4v) is 2.28. The Labute approximate surface area is 113 Å². The van der Waals surface area contributed by atoms with Crippen LogP contribution in [0.25, 0.3) is 0 Å². The van der Waals surface area contributed by atoms with Gasteiger partial charge in [0.05, 0.1) is 11.7 Å². The number of nitrogens with zero attached hydrogens (tertiary/aromatic N) is 1. The van der Waals surface area contributed by atoms with E-state index in [1.807, 2.05) is 33.2 Å². The summed E-state index contributed by atoms with van der Waals surface area (Å²) < 4.78 is 13.7. The van der Waals surface area contributed by atoms with Crippen molar-refractivity contribution in [3.8, 4) is 0 Å². The third-order valence-electron chi connectivity index (χ3n) is 3.35. The molecule has 2 aromatic rings. The Bertz CT molecular complexity index is 593. The lowest BCUT2D eigenvalue weighted by atomic mass is 9.98. The van der Waals surface area contributed by atoms with Gasteiger partial charge < -0.3 is 5.32 Å². The second kappa shape index (κ2) is 5.49. The maximum absolute atomic E-state index is 13.7. The van der Waals surface area contributed by atoms with E-state index in [4.69, 9.17) is 0 Å². The van der Waals surface area contributed by atoms with Crippen LogP contribution in [0.2, 0.25) is 0 Å². The van der Waals surface area contributed by atoms with Gasteiger partial charge in [-0.1, -0.05) is 18.2 Å². The Morgan fingerprint density at radius 1 is 1.11 bits per heavy atom. The lowest BCUT2D eigenvalue weighted by Crippen LogP contribution is -2.20. The molecule has 0 aliphatic heterocycles. The van der Waals surface area contributed by atoms with E-state index in [0.717, 1.165) is 22.4 Å². The molecule has 0 amide bonds. The minimum absolute atomic E-state index is 0.0873. The summed E-state index contributed by atoms with van der Waals surface area (Å²) in [6.07, 6.45) is 1.84. The summed E-state index contributed by atoms with van der Waals surface area (Å²) in [4.78, 5) is 4.49. The van der Waals surface area contributed by atoms with Gasteiger partial charge in [-0.2, -0.15) is 0 Å². The van der Waals surface area contributed by atoms with E-state index < -0.39 is 0 Å². The third kappa shape index (κ3) is 2.82. The zero-order valence-corrected chi connectivity index (χ0v) is 11.8. The molecule has 0 saturated carbocycles. The zero-order valence-electron chi connectivity index (χ0n) is 11.8. The lowest BCUT2D eigenvalue weighted by Gasteiger charge is -2.19. The fourth-order valence-electron chi connectivity index (χ4n) is 2.28. The van der Waals surface area contributed by atoms with Crippen molar-refractivity contribution in [1.29, 1.82) is 0 Å². The molecule has 1 heterocycles. The zero-order chi connectivity index (χ0) is 14.0. The van der Waals surface area contributed by atoms with Gasteiger partial charge >= 0.3 is 0 Å². The minimum Gasteiger partial charge on any atom is -0.308 e. The number of nitrogens with one attached hydrogen (secondary N) is 1. The summed E-state index contributed by atoms with van der Waals surface area (Å²) in [6.45, 7) is 5.82. The van der Waals surface area contributed by atoms with Crippen LogP contribution >= 0.6 is 0 Å². The molecular formula is C16H19FN2. The Morgan fingerprint density at radius 2 is 1.84 bits per heavy atom. The van der Waals surface area contributed by atoms with Gasteiger partial charge in [0.1, 0.15) is 5.82 Å². The number of benzene rings is 1. The number of halogens is 1. The Morgan fingerprint density at radius 3 is 2.42 bits per heavy atom. The van der Waals surface area contributed by atoms with Crippen LogP contribution in [0.3, 0.4) is 0 Å². The largest absolute Gasteiger partial charge is 0.308 e. The molecule has 2 rings (SSSR count). The molecule has 100 valence electrons. The minimum atomic E-state index is -0.178. The SMILES string of the molecule is CNC(c1ccc(C)c(F)c1)c1ncc(C)cc1C. The van der Waals surface area contributed by atoms with Crippen LogP contribution in [-0.4, -0.2) is 12.0 Å². The van der Waals surface area contributed by atoms with Crippen LogP contribution in [0.15, 0.2) is 30.5 Å². The molecule has 1 aromatic heterocycles. The predicted octanol–water partition coefficient (Wildman–Crippen LogP) is 3.45. The number of pyridine rings is 1. The van der Waals surface area contributed by atoms with Crippen molar-refractivity contribution in [2.75, 3.05) is 7.05 Å². The lowest BCUT2D eigenvalue weighted by molar-refractivity contribution is 0.605. The highest BCUT2D eigenvalue weighted by Gasteiger charge is 2.16. The van der Waals surface area contributed by atoms with Gasteiger partial charge in [0.15, 0.2) is 0 Å². The van der Waals surface area contributed by atoms with Crippen LogP contribution in [0.1, 0.15) is 34.0 Å². The van der Waals surface area contributed by atoms with Crippen LogP contribution < -0.4 is 5.32 Å². The van der Waals surface area contributed by atoms with E-state index in [9.17, 15) is 4.39 Å². The molecule has 0 saturated heterocycles. The number of hydrogen-bond donors (Lipinski definition) is 1. The highest BCUT2D eigenvalue weighted by atomic mass is 19.1. The molecule has 0 bridgehead atoms. The van der Waals surface area contributed by atoms with Crippen molar-refractivity contribution in [1.82, 2.24) is 10.3 Å². The summed E-state index contributed by atoms with van der Waals surface area (Å²) in [5.74, 6) is -0.178. The van der Waals surface area contributed by atoms with Gasteiger partial charge in [0.2, 0.25) is 0 Å². The monoisotopic (exact) mass is 258 g/mol. The Hall–Kier alpha value is -1.74. The topological polar surface area (TPSA) is 24.9 Å². The van der Waals surface area contributed by atoms with E-state index >= 15 is 0 Å². The molecule has 1 aromatic carbocycles. The summed E-state index contributed by atoms with van der Waals surface area (Å²) in [5, 5.41) is 3.21. The van der Waals surface area contributed by atoms with Crippen molar-refractivity contribution in [2.24, 2.45) is 0 Å². The van der Waals surface area contributed by atoms with Gasteiger partial charge in [0, 0.05) is 6.20 Å². The average molecular weight is 258 g/mol. The van der Waals surface area contributed by atoms with Crippen molar-refractivity contribution in [3.63, 3.8) is 0 Å². The number of aryl methyl sites for hydroxylation is 3. The molecule has 1 atom stereocenters. The van der Waals surface area contributed by atoms with E-state index in [0.29, 0.717) is 5.56 Å². The van der Waals surface area contributed by atoms with Gasteiger partial charge in [0.25, 0.3) is 0 Å². The maximum atomic E-state index is 13.7. The first-order valence-electron chi connectivity index (χ1n) is 6.39. The van der Waals surface area contributed by atoms with Crippen molar-refractivity contribution >= 4 is 0 Å². The molecule has 0 fully saturated rings. The molecule has 1 N–H and O–H groups in total. The summed E-state index contributed by atoms with van der Waals surface area (Å²) in [7, 11) is 1.86. The fraction of sp³-hybridized carbons (Fsp3) is 0.312. The quantitative estimate of drug-likeness (QED) is 0.912. The van der Waals surface area contributed by atoms with E-state index in [1.165, 1.54) is 0 Å². The first kappa shape index (κ1) is 13.7. The normalized spacial score (nSPS) is 12.5. The molecule has 0 spiro atoms. The van der Waals surface area contributed by atoms with Gasteiger partial charge in [-0.25, -0.2) is 4.39 Å².